The van der Waals surface area contributed by atoms with Gasteiger partial charge in [0.2, 0.25) is 0 Å². The maximum atomic E-state index is 8.92. The van der Waals surface area contributed by atoms with Crippen molar-refractivity contribution in [2.75, 3.05) is 0 Å². The zero-order chi connectivity index (χ0) is 11.0. The fourth-order valence-electron chi connectivity index (χ4n) is 1.29. The van der Waals surface area contributed by atoms with Gasteiger partial charge in [-0.05, 0) is 6.42 Å². The molecule has 0 bridgehead atoms. The third-order valence-corrected chi connectivity index (χ3v) is 3.11. The summed E-state index contributed by atoms with van der Waals surface area (Å²) in [5.41, 5.74) is 0. The van der Waals surface area contributed by atoms with E-state index < -0.39 is 10.6 Å². The Balaban J connectivity index is 3.28. The Kier molecular flexibility index (Phi) is 8.02. The first-order valence-corrected chi connectivity index (χ1v) is 6.07. The standard InChI is InChI=1S/C10H20Cl2O2/c1-2-3-4-5-6-7-8-9(11)10(12,13)14/h9,13-14H,2-8H2,1H3. The van der Waals surface area contributed by atoms with E-state index in [1.54, 1.807) is 0 Å². The molecule has 1 atom stereocenters. The van der Waals surface area contributed by atoms with E-state index in [1.165, 1.54) is 25.7 Å². The number of aliphatic hydroxyl groups is 2. The Bertz CT molecular complexity index is 135. The highest BCUT2D eigenvalue weighted by Gasteiger charge is 2.29. The first-order chi connectivity index (χ1) is 6.48. The van der Waals surface area contributed by atoms with Crippen molar-refractivity contribution in [3.8, 4) is 0 Å². The van der Waals surface area contributed by atoms with E-state index in [-0.39, 0.29) is 0 Å². The van der Waals surface area contributed by atoms with Gasteiger partial charge in [0.25, 0.3) is 5.25 Å². The van der Waals surface area contributed by atoms with E-state index >= 15 is 0 Å². The molecule has 0 aromatic rings. The Morgan fingerprint density at radius 1 is 1.07 bits per heavy atom. The first-order valence-electron chi connectivity index (χ1n) is 5.26. The van der Waals surface area contributed by atoms with E-state index in [2.05, 4.69) is 6.92 Å². The average molecular weight is 243 g/mol. The van der Waals surface area contributed by atoms with Gasteiger partial charge in [0, 0.05) is 0 Å². The van der Waals surface area contributed by atoms with E-state index in [0.29, 0.717) is 6.42 Å². The molecule has 86 valence electrons. The fraction of sp³-hybridized carbons (Fsp3) is 1.00. The Morgan fingerprint density at radius 3 is 2.07 bits per heavy atom. The zero-order valence-corrected chi connectivity index (χ0v) is 10.2. The van der Waals surface area contributed by atoms with Gasteiger partial charge in [-0.1, -0.05) is 57.0 Å². The maximum Gasteiger partial charge on any atom is 0.260 e. The molecule has 1 unspecified atom stereocenters. The van der Waals surface area contributed by atoms with E-state index in [0.717, 1.165) is 12.8 Å². The third-order valence-electron chi connectivity index (χ3n) is 2.21. The van der Waals surface area contributed by atoms with Crippen LogP contribution in [0, 0.1) is 0 Å². The third kappa shape index (κ3) is 7.86. The van der Waals surface area contributed by atoms with Crippen LogP contribution in [0.1, 0.15) is 51.9 Å². The van der Waals surface area contributed by atoms with Gasteiger partial charge in [0.1, 0.15) is 5.38 Å². The predicted octanol–water partition coefficient (Wildman–Crippen LogP) is 3.22. The van der Waals surface area contributed by atoms with Crippen LogP contribution in [-0.2, 0) is 0 Å². The Labute approximate surface area is 96.2 Å². The number of hydrogen-bond donors (Lipinski definition) is 2. The molecule has 2 nitrogen and oxygen atoms in total. The summed E-state index contributed by atoms with van der Waals surface area (Å²) in [6.45, 7) is 2.17. The van der Waals surface area contributed by atoms with Crippen molar-refractivity contribution in [2.45, 2.75) is 62.5 Å². The molecule has 0 rings (SSSR count). The lowest BCUT2D eigenvalue weighted by atomic mass is 10.1. The first kappa shape index (κ1) is 14.5. The second-order valence-electron chi connectivity index (χ2n) is 3.66. The number of alkyl halides is 2. The summed E-state index contributed by atoms with van der Waals surface area (Å²) in [6.07, 6.45) is 7.45. The summed E-state index contributed by atoms with van der Waals surface area (Å²) in [7, 11) is 0. The van der Waals surface area contributed by atoms with Crippen molar-refractivity contribution < 1.29 is 10.2 Å². The molecule has 0 amide bonds. The van der Waals surface area contributed by atoms with Gasteiger partial charge in [-0.3, -0.25) is 0 Å². The molecule has 0 aliphatic heterocycles. The summed E-state index contributed by atoms with van der Waals surface area (Å²) >= 11 is 10.9. The van der Waals surface area contributed by atoms with Crippen LogP contribution in [0.3, 0.4) is 0 Å². The van der Waals surface area contributed by atoms with E-state index in [4.69, 9.17) is 33.4 Å². The smallest absolute Gasteiger partial charge is 0.260 e. The molecule has 0 fully saturated rings. The SMILES string of the molecule is CCCCCCCCC(Cl)C(O)(O)Cl. The van der Waals surface area contributed by atoms with Gasteiger partial charge in [-0.2, -0.15) is 0 Å². The number of hydrogen-bond acceptors (Lipinski definition) is 2. The van der Waals surface area contributed by atoms with Crippen molar-refractivity contribution in [3.63, 3.8) is 0 Å². The van der Waals surface area contributed by atoms with Crippen molar-refractivity contribution >= 4 is 23.2 Å². The zero-order valence-electron chi connectivity index (χ0n) is 8.68. The van der Waals surface area contributed by atoms with Crippen molar-refractivity contribution in [3.05, 3.63) is 0 Å². The minimum Gasteiger partial charge on any atom is -0.352 e. The topological polar surface area (TPSA) is 40.5 Å². The second-order valence-corrected chi connectivity index (χ2v) is 4.74. The molecule has 0 aromatic heterocycles. The van der Waals surface area contributed by atoms with Crippen LogP contribution in [-0.4, -0.2) is 20.8 Å². The molecule has 4 heteroatoms. The van der Waals surface area contributed by atoms with Gasteiger partial charge in [0.15, 0.2) is 0 Å². The lowest BCUT2D eigenvalue weighted by molar-refractivity contribution is -0.0872. The van der Waals surface area contributed by atoms with Crippen molar-refractivity contribution in [1.82, 2.24) is 0 Å². The Hall–Kier alpha value is 0.500. The molecular weight excluding hydrogens is 223 g/mol. The normalized spacial score (nSPS) is 14.4. The van der Waals surface area contributed by atoms with Crippen LogP contribution in [0.15, 0.2) is 0 Å². The molecule has 0 heterocycles. The highest BCUT2D eigenvalue weighted by Crippen LogP contribution is 2.23. The fourth-order valence-corrected chi connectivity index (χ4v) is 1.55. The number of halogens is 2. The predicted molar refractivity (Wildman–Crippen MR) is 60.7 cm³/mol. The number of unbranched alkanes of at least 4 members (excludes halogenated alkanes) is 5. The monoisotopic (exact) mass is 242 g/mol. The summed E-state index contributed by atoms with van der Waals surface area (Å²) in [5.74, 6) is 0. The molecular formula is C10H20Cl2O2. The molecule has 2 N–H and O–H groups in total. The largest absolute Gasteiger partial charge is 0.352 e. The molecule has 0 saturated heterocycles. The van der Waals surface area contributed by atoms with Crippen LogP contribution in [0.25, 0.3) is 0 Å². The maximum absolute atomic E-state index is 8.92. The molecule has 0 saturated carbocycles. The van der Waals surface area contributed by atoms with Crippen LogP contribution in [0.4, 0.5) is 0 Å². The van der Waals surface area contributed by atoms with Crippen molar-refractivity contribution in [2.24, 2.45) is 0 Å². The highest BCUT2D eigenvalue weighted by molar-refractivity contribution is 6.30. The quantitative estimate of drug-likeness (QED) is 0.390. The Morgan fingerprint density at radius 2 is 1.57 bits per heavy atom. The average Bonchev–Trinajstić information content (AvgIpc) is 2.09. The van der Waals surface area contributed by atoms with Crippen LogP contribution in [0.2, 0.25) is 0 Å². The van der Waals surface area contributed by atoms with E-state index in [1.807, 2.05) is 0 Å². The van der Waals surface area contributed by atoms with Gasteiger partial charge in [0.05, 0.1) is 0 Å². The molecule has 0 aliphatic carbocycles. The van der Waals surface area contributed by atoms with Gasteiger partial charge in [-0.15, -0.1) is 11.6 Å². The minimum absolute atomic E-state index is 0.546. The van der Waals surface area contributed by atoms with Crippen molar-refractivity contribution in [1.29, 1.82) is 0 Å². The number of rotatable bonds is 8. The van der Waals surface area contributed by atoms with Crippen LogP contribution in [0.5, 0.6) is 0 Å². The lowest BCUT2D eigenvalue weighted by Gasteiger charge is -2.19. The van der Waals surface area contributed by atoms with Crippen LogP contribution >= 0.6 is 23.2 Å². The van der Waals surface area contributed by atoms with Gasteiger partial charge in [-0.25, -0.2) is 0 Å². The molecule has 0 spiro atoms. The summed E-state index contributed by atoms with van der Waals surface area (Å²) in [4.78, 5) is 0. The van der Waals surface area contributed by atoms with Gasteiger partial charge >= 0.3 is 0 Å². The second kappa shape index (κ2) is 7.75. The van der Waals surface area contributed by atoms with Crippen LogP contribution < -0.4 is 0 Å². The lowest BCUT2D eigenvalue weighted by Crippen LogP contribution is -2.31. The molecule has 0 radical (unpaired) electrons. The van der Waals surface area contributed by atoms with E-state index in [9.17, 15) is 0 Å². The molecule has 14 heavy (non-hydrogen) atoms. The summed E-state index contributed by atoms with van der Waals surface area (Å²) in [6, 6.07) is 0. The molecule has 0 aromatic carbocycles. The van der Waals surface area contributed by atoms with Gasteiger partial charge < -0.3 is 10.2 Å². The highest BCUT2D eigenvalue weighted by atomic mass is 35.5. The summed E-state index contributed by atoms with van der Waals surface area (Å²) < 4.78 is 0. The summed E-state index contributed by atoms with van der Waals surface area (Å²) in [5, 5.41) is 14.8. The molecule has 0 aliphatic rings. The minimum atomic E-state index is -2.26.